The number of rotatable bonds is 7. The van der Waals surface area contributed by atoms with E-state index in [4.69, 9.17) is 0 Å². The number of nitrogens with zero attached hydrogens (tertiary/aromatic N) is 2. The van der Waals surface area contributed by atoms with E-state index >= 15 is 0 Å². The molecule has 27 heavy (non-hydrogen) atoms. The van der Waals surface area contributed by atoms with Crippen molar-refractivity contribution in [2.24, 2.45) is 5.10 Å². The molecule has 0 amide bonds. The number of nitrogens with one attached hydrogen (secondary N) is 2. The summed E-state index contributed by atoms with van der Waals surface area (Å²) >= 11 is 1.50. The van der Waals surface area contributed by atoms with Crippen LogP contribution in [0.3, 0.4) is 0 Å². The first-order valence-corrected chi connectivity index (χ1v) is 10.1. The van der Waals surface area contributed by atoms with Crippen molar-refractivity contribution >= 4 is 44.6 Å². The van der Waals surface area contributed by atoms with Gasteiger partial charge < -0.3 is 0 Å². The van der Waals surface area contributed by atoms with Crippen molar-refractivity contribution in [3.63, 3.8) is 0 Å². The zero-order chi connectivity index (χ0) is 19.3. The number of sulfonamides is 1. The van der Waals surface area contributed by atoms with Crippen LogP contribution >= 0.6 is 11.3 Å². The highest BCUT2D eigenvalue weighted by Crippen LogP contribution is 2.28. The number of benzene rings is 2. The average molecular weight is 402 g/mol. The summed E-state index contributed by atoms with van der Waals surface area (Å²) in [6, 6.07) is 13.7. The first-order chi connectivity index (χ1) is 13.0. The Morgan fingerprint density at radius 2 is 1.89 bits per heavy atom. The quantitative estimate of drug-likeness (QED) is 0.353. The maximum atomic E-state index is 12.5. The second-order valence-corrected chi connectivity index (χ2v) is 7.80. The third-order valence-electron chi connectivity index (χ3n) is 3.44. The molecule has 10 heteroatoms. The molecule has 0 radical (unpaired) electrons. The minimum atomic E-state index is -3.96. The normalized spacial score (nSPS) is 11.4. The van der Waals surface area contributed by atoms with Crippen molar-refractivity contribution < 1.29 is 13.3 Å². The summed E-state index contributed by atoms with van der Waals surface area (Å²) in [6.07, 6.45) is 1.52. The van der Waals surface area contributed by atoms with Gasteiger partial charge in [0.2, 0.25) is 0 Å². The summed E-state index contributed by atoms with van der Waals surface area (Å²) in [6.45, 7) is 0. The first kappa shape index (κ1) is 18.5. The smallest absolute Gasteiger partial charge is 0.280 e. The van der Waals surface area contributed by atoms with Crippen LogP contribution in [0.5, 0.6) is 0 Å². The molecule has 0 aliphatic rings. The summed E-state index contributed by atoms with van der Waals surface area (Å²) in [4.78, 5) is 10.5. The van der Waals surface area contributed by atoms with Gasteiger partial charge in [0, 0.05) is 17.3 Å². The van der Waals surface area contributed by atoms with Gasteiger partial charge in [-0.25, -0.2) is 8.42 Å². The Hall–Kier alpha value is -3.24. The van der Waals surface area contributed by atoms with Crippen LogP contribution in [0.2, 0.25) is 0 Å². The standard InChI is InChI=1S/C17H14N4O4S2/c22-21(23)17-10-15(27(24,25)20-14-4-2-1-3-5-14)6-7-16(17)19-18-11-13-8-9-26-12-13/h1-12,19-20H/b18-11+. The molecule has 3 rings (SSSR count). The molecule has 0 saturated heterocycles. The number of nitro groups is 1. The third-order valence-corrected chi connectivity index (χ3v) is 5.52. The lowest BCUT2D eigenvalue weighted by Gasteiger charge is -2.09. The monoisotopic (exact) mass is 402 g/mol. The van der Waals surface area contributed by atoms with Gasteiger partial charge in [-0.1, -0.05) is 18.2 Å². The van der Waals surface area contributed by atoms with Crippen LogP contribution < -0.4 is 10.1 Å². The summed E-state index contributed by atoms with van der Waals surface area (Å²) in [5.74, 6) is 0. The van der Waals surface area contributed by atoms with Crippen molar-refractivity contribution in [3.05, 3.63) is 81.0 Å². The van der Waals surface area contributed by atoms with E-state index in [2.05, 4.69) is 15.2 Å². The third kappa shape index (κ3) is 4.68. The van der Waals surface area contributed by atoms with Crippen molar-refractivity contribution in [1.29, 1.82) is 0 Å². The average Bonchev–Trinajstić information content (AvgIpc) is 3.15. The van der Waals surface area contributed by atoms with Gasteiger partial charge in [0.05, 0.1) is 16.0 Å². The van der Waals surface area contributed by atoms with Gasteiger partial charge in [-0.15, -0.1) is 0 Å². The Bertz CT molecular complexity index is 1070. The van der Waals surface area contributed by atoms with Gasteiger partial charge in [-0.2, -0.15) is 16.4 Å². The predicted molar refractivity (Wildman–Crippen MR) is 106 cm³/mol. The van der Waals surface area contributed by atoms with Gasteiger partial charge >= 0.3 is 0 Å². The summed E-state index contributed by atoms with van der Waals surface area (Å²) in [7, 11) is -3.96. The van der Waals surface area contributed by atoms with Crippen LogP contribution in [0.15, 0.2) is 75.4 Å². The Morgan fingerprint density at radius 1 is 1.11 bits per heavy atom. The van der Waals surface area contributed by atoms with Crippen molar-refractivity contribution in [3.8, 4) is 0 Å². The summed E-state index contributed by atoms with van der Waals surface area (Å²) < 4.78 is 27.3. The van der Waals surface area contributed by atoms with Gasteiger partial charge in [0.25, 0.3) is 15.7 Å². The molecule has 0 unspecified atom stereocenters. The maximum Gasteiger partial charge on any atom is 0.295 e. The fraction of sp³-hybridized carbons (Fsp3) is 0. The topological polar surface area (TPSA) is 114 Å². The lowest BCUT2D eigenvalue weighted by atomic mass is 10.3. The number of para-hydroxylation sites is 1. The minimum absolute atomic E-state index is 0.0881. The molecule has 0 aliphatic carbocycles. The second kappa shape index (κ2) is 7.98. The lowest BCUT2D eigenvalue weighted by Crippen LogP contribution is -2.13. The predicted octanol–water partition coefficient (Wildman–Crippen LogP) is 3.90. The number of hydrazone groups is 1. The molecule has 0 bridgehead atoms. The molecule has 2 aromatic carbocycles. The van der Waals surface area contributed by atoms with Crippen LogP contribution in [0.25, 0.3) is 0 Å². The molecule has 0 spiro atoms. The number of nitro benzene ring substituents is 1. The van der Waals surface area contributed by atoms with Crippen LogP contribution in [-0.2, 0) is 10.0 Å². The molecule has 138 valence electrons. The van der Waals surface area contributed by atoms with Crippen molar-refractivity contribution in [2.45, 2.75) is 4.90 Å². The fourth-order valence-electron chi connectivity index (χ4n) is 2.17. The first-order valence-electron chi connectivity index (χ1n) is 7.63. The molecular weight excluding hydrogens is 388 g/mol. The largest absolute Gasteiger partial charge is 0.295 e. The zero-order valence-electron chi connectivity index (χ0n) is 13.8. The number of anilines is 2. The van der Waals surface area contributed by atoms with Gasteiger partial charge in [0.15, 0.2) is 0 Å². The number of hydrogen-bond acceptors (Lipinski definition) is 7. The molecule has 0 aliphatic heterocycles. The van der Waals surface area contributed by atoms with Crippen molar-refractivity contribution in [1.82, 2.24) is 0 Å². The lowest BCUT2D eigenvalue weighted by molar-refractivity contribution is -0.384. The molecule has 0 fully saturated rings. The van der Waals surface area contributed by atoms with E-state index in [1.165, 1.54) is 29.7 Å². The summed E-state index contributed by atoms with van der Waals surface area (Å²) in [5.41, 5.74) is 3.48. The van der Waals surface area contributed by atoms with Crippen LogP contribution in [0, 0.1) is 10.1 Å². The Labute approximate surface area is 159 Å². The van der Waals surface area contributed by atoms with E-state index in [1.807, 2.05) is 16.8 Å². The maximum absolute atomic E-state index is 12.5. The molecule has 0 saturated carbocycles. The van der Waals surface area contributed by atoms with Crippen LogP contribution in [0.1, 0.15) is 5.56 Å². The molecular formula is C17H14N4O4S2. The number of thiophene rings is 1. The van der Waals surface area contributed by atoms with Gasteiger partial charge in [-0.05, 0) is 41.1 Å². The number of hydrogen-bond donors (Lipinski definition) is 2. The highest BCUT2D eigenvalue weighted by molar-refractivity contribution is 7.92. The Kier molecular flexibility index (Phi) is 5.48. The SMILES string of the molecule is O=[N+]([O-])c1cc(S(=O)(=O)Nc2ccccc2)ccc1N/N=C/c1ccsc1. The van der Waals surface area contributed by atoms with E-state index in [0.29, 0.717) is 5.69 Å². The Balaban J connectivity index is 1.85. The van der Waals surface area contributed by atoms with Gasteiger partial charge in [0.1, 0.15) is 5.69 Å². The van der Waals surface area contributed by atoms with E-state index in [-0.39, 0.29) is 10.6 Å². The fourth-order valence-corrected chi connectivity index (χ4v) is 3.86. The highest BCUT2D eigenvalue weighted by atomic mass is 32.2. The highest BCUT2D eigenvalue weighted by Gasteiger charge is 2.21. The Morgan fingerprint density at radius 3 is 2.56 bits per heavy atom. The van der Waals surface area contributed by atoms with E-state index in [9.17, 15) is 18.5 Å². The second-order valence-electron chi connectivity index (χ2n) is 5.33. The molecule has 2 N–H and O–H groups in total. The van der Waals surface area contributed by atoms with Crippen LogP contribution in [-0.4, -0.2) is 19.6 Å². The molecule has 0 atom stereocenters. The minimum Gasteiger partial charge on any atom is -0.280 e. The molecule has 3 aromatic rings. The van der Waals surface area contributed by atoms with Crippen molar-refractivity contribution in [2.75, 3.05) is 10.1 Å². The zero-order valence-corrected chi connectivity index (χ0v) is 15.4. The summed E-state index contributed by atoms with van der Waals surface area (Å²) in [5, 5.41) is 19.0. The van der Waals surface area contributed by atoms with Gasteiger partial charge in [-0.3, -0.25) is 20.3 Å². The van der Waals surface area contributed by atoms with Crippen LogP contribution in [0.4, 0.5) is 17.1 Å². The van der Waals surface area contributed by atoms with E-state index in [0.717, 1.165) is 11.6 Å². The molecule has 1 aromatic heterocycles. The van der Waals surface area contributed by atoms with E-state index < -0.39 is 20.6 Å². The van der Waals surface area contributed by atoms with E-state index in [1.54, 1.807) is 30.3 Å². The molecule has 1 heterocycles. The molecule has 8 nitrogen and oxygen atoms in total.